The molecule has 1 heterocycles. The van der Waals surface area contributed by atoms with Crippen molar-refractivity contribution in [3.63, 3.8) is 0 Å². The molecule has 0 fully saturated rings. The summed E-state index contributed by atoms with van der Waals surface area (Å²) in [6, 6.07) is 16.4. The molecule has 5 heteroatoms. The molecule has 0 saturated carbocycles. The minimum atomic E-state index is 0.0318. The maximum absolute atomic E-state index is 6.17. The fraction of sp³-hybridized carbons (Fsp3) is 0.188. The predicted molar refractivity (Wildman–Crippen MR) is 92.5 cm³/mol. The van der Waals surface area contributed by atoms with Crippen LogP contribution in [0.3, 0.4) is 0 Å². The standard InChI is InChI=1S/C16H16BrN3S/c1-10(18)15(11-6-8-12(17)9-7-11)21-16-19-13-4-2-3-5-14(13)20-16/h2-10,15H,18H2,1H3,(H,19,20). The predicted octanol–water partition coefficient (Wildman–Crippen LogP) is 4.51. The summed E-state index contributed by atoms with van der Waals surface area (Å²) in [5, 5.41) is 1.07. The number of halogens is 1. The van der Waals surface area contributed by atoms with Gasteiger partial charge in [-0.2, -0.15) is 0 Å². The minimum Gasteiger partial charge on any atom is -0.333 e. The molecule has 3 aromatic rings. The van der Waals surface area contributed by atoms with Crippen molar-refractivity contribution in [3.05, 3.63) is 58.6 Å². The quantitative estimate of drug-likeness (QED) is 0.672. The van der Waals surface area contributed by atoms with E-state index >= 15 is 0 Å². The summed E-state index contributed by atoms with van der Waals surface area (Å²) >= 11 is 5.14. The second-order valence-corrected chi connectivity index (χ2v) is 7.05. The van der Waals surface area contributed by atoms with E-state index in [2.05, 4.69) is 38.0 Å². The summed E-state index contributed by atoms with van der Waals surface area (Å²) in [5.41, 5.74) is 9.42. The number of nitrogens with one attached hydrogen (secondary N) is 1. The summed E-state index contributed by atoms with van der Waals surface area (Å²) in [4.78, 5) is 7.97. The summed E-state index contributed by atoms with van der Waals surface area (Å²) < 4.78 is 1.07. The zero-order valence-corrected chi connectivity index (χ0v) is 14.0. The molecule has 0 aliphatic heterocycles. The number of hydrogen-bond donors (Lipinski definition) is 2. The smallest absolute Gasteiger partial charge is 0.167 e. The molecule has 2 aromatic carbocycles. The van der Waals surface area contributed by atoms with Crippen LogP contribution in [0.4, 0.5) is 0 Å². The molecule has 2 atom stereocenters. The number of thioether (sulfide) groups is 1. The molecular formula is C16H16BrN3S. The Morgan fingerprint density at radius 1 is 1.14 bits per heavy atom. The molecule has 108 valence electrons. The zero-order valence-electron chi connectivity index (χ0n) is 11.6. The first-order valence-corrected chi connectivity index (χ1v) is 8.43. The van der Waals surface area contributed by atoms with Crippen molar-refractivity contribution in [1.29, 1.82) is 0 Å². The largest absolute Gasteiger partial charge is 0.333 e. The lowest BCUT2D eigenvalue weighted by Crippen LogP contribution is -2.22. The number of aromatic amines is 1. The number of H-pyrrole nitrogens is 1. The fourth-order valence-electron chi connectivity index (χ4n) is 2.24. The third kappa shape index (κ3) is 3.31. The van der Waals surface area contributed by atoms with Crippen molar-refractivity contribution >= 4 is 38.7 Å². The van der Waals surface area contributed by atoms with E-state index in [1.165, 1.54) is 5.56 Å². The number of aromatic nitrogens is 2. The average Bonchev–Trinajstić information content (AvgIpc) is 2.88. The number of fused-ring (bicyclic) bond motifs is 1. The van der Waals surface area contributed by atoms with Crippen molar-refractivity contribution < 1.29 is 0 Å². The van der Waals surface area contributed by atoms with Crippen LogP contribution in [0.25, 0.3) is 11.0 Å². The Kier molecular flexibility index (Phi) is 4.33. The molecule has 0 bridgehead atoms. The van der Waals surface area contributed by atoms with Gasteiger partial charge in [-0.1, -0.05) is 52.0 Å². The van der Waals surface area contributed by atoms with Crippen LogP contribution in [0.15, 0.2) is 58.2 Å². The number of rotatable bonds is 4. The van der Waals surface area contributed by atoms with Gasteiger partial charge < -0.3 is 10.7 Å². The average molecular weight is 362 g/mol. The van der Waals surface area contributed by atoms with Crippen molar-refractivity contribution in [2.45, 2.75) is 23.4 Å². The lowest BCUT2D eigenvalue weighted by molar-refractivity contribution is 0.719. The second-order valence-electron chi connectivity index (χ2n) is 5.01. The van der Waals surface area contributed by atoms with E-state index in [-0.39, 0.29) is 11.3 Å². The molecular weight excluding hydrogens is 346 g/mol. The van der Waals surface area contributed by atoms with E-state index in [0.29, 0.717) is 0 Å². The number of nitrogens with zero attached hydrogens (tertiary/aromatic N) is 1. The van der Waals surface area contributed by atoms with E-state index < -0.39 is 0 Å². The van der Waals surface area contributed by atoms with Gasteiger partial charge in [0.15, 0.2) is 5.16 Å². The summed E-state index contributed by atoms with van der Waals surface area (Å²) in [5.74, 6) is 0. The zero-order chi connectivity index (χ0) is 14.8. The molecule has 0 saturated heterocycles. The van der Waals surface area contributed by atoms with Gasteiger partial charge in [0.2, 0.25) is 0 Å². The summed E-state index contributed by atoms with van der Waals surface area (Å²) in [7, 11) is 0. The maximum atomic E-state index is 6.17. The monoisotopic (exact) mass is 361 g/mol. The number of para-hydroxylation sites is 2. The molecule has 0 radical (unpaired) electrons. The van der Waals surface area contributed by atoms with Crippen molar-refractivity contribution in [3.8, 4) is 0 Å². The normalized spacial score (nSPS) is 14.2. The first kappa shape index (κ1) is 14.6. The van der Waals surface area contributed by atoms with Crippen molar-refractivity contribution in [2.24, 2.45) is 5.73 Å². The number of hydrogen-bond acceptors (Lipinski definition) is 3. The van der Waals surface area contributed by atoms with Crippen LogP contribution in [0, 0.1) is 0 Å². The number of nitrogens with two attached hydrogens (primary N) is 1. The van der Waals surface area contributed by atoms with Crippen LogP contribution < -0.4 is 5.73 Å². The van der Waals surface area contributed by atoms with Crippen LogP contribution in [-0.4, -0.2) is 16.0 Å². The van der Waals surface area contributed by atoms with Crippen molar-refractivity contribution in [2.75, 3.05) is 0 Å². The molecule has 3 N–H and O–H groups in total. The van der Waals surface area contributed by atoms with Gasteiger partial charge in [-0.25, -0.2) is 4.98 Å². The minimum absolute atomic E-state index is 0.0318. The van der Waals surface area contributed by atoms with Gasteiger partial charge in [-0.15, -0.1) is 0 Å². The second kappa shape index (κ2) is 6.22. The first-order chi connectivity index (χ1) is 10.1. The van der Waals surface area contributed by atoms with E-state index in [1.54, 1.807) is 11.8 Å². The highest BCUT2D eigenvalue weighted by atomic mass is 79.9. The molecule has 2 unspecified atom stereocenters. The molecule has 0 aliphatic carbocycles. The highest BCUT2D eigenvalue weighted by molar-refractivity contribution is 9.10. The van der Waals surface area contributed by atoms with Crippen molar-refractivity contribution in [1.82, 2.24) is 9.97 Å². The van der Waals surface area contributed by atoms with Gasteiger partial charge in [0, 0.05) is 10.5 Å². The Hall–Kier alpha value is -1.30. The van der Waals surface area contributed by atoms with Crippen LogP contribution in [0.2, 0.25) is 0 Å². The molecule has 3 rings (SSSR count). The third-order valence-corrected chi connectivity index (χ3v) is 5.18. The highest BCUT2D eigenvalue weighted by Crippen LogP contribution is 2.36. The summed E-state index contributed by atoms with van der Waals surface area (Å²) in [6.07, 6.45) is 0. The van der Waals surface area contributed by atoms with Crippen LogP contribution in [0.1, 0.15) is 17.7 Å². The van der Waals surface area contributed by atoms with Gasteiger partial charge in [0.05, 0.1) is 16.3 Å². The third-order valence-electron chi connectivity index (χ3n) is 3.28. The summed E-state index contributed by atoms with van der Waals surface area (Å²) in [6.45, 7) is 2.03. The molecule has 1 aromatic heterocycles. The van der Waals surface area contributed by atoms with Crippen LogP contribution in [-0.2, 0) is 0 Å². The molecule has 3 nitrogen and oxygen atoms in total. The van der Waals surface area contributed by atoms with Crippen LogP contribution in [0.5, 0.6) is 0 Å². The SMILES string of the molecule is CC(N)C(Sc1nc2ccccc2[nH]1)c1ccc(Br)cc1. The van der Waals surface area contributed by atoms with E-state index in [1.807, 2.05) is 43.3 Å². The molecule has 0 aliphatic rings. The lowest BCUT2D eigenvalue weighted by Gasteiger charge is -2.19. The molecule has 0 amide bonds. The highest BCUT2D eigenvalue weighted by Gasteiger charge is 2.19. The Labute approximate surface area is 136 Å². The van der Waals surface area contributed by atoms with E-state index in [9.17, 15) is 0 Å². The number of benzene rings is 2. The maximum Gasteiger partial charge on any atom is 0.167 e. The van der Waals surface area contributed by atoms with Gasteiger partial charge in [-0.05, 0) is 36.8 Å². The lowest BCUT2D eigenvalue weighted by atomic mass is 10.1. The van der Waals surface area contributed by atoms with E-state index in [4.69, 9.17) is 5.73 Å². The Morgan fingerprint density at radius 3 is 2.52 bits per heavy atom. The Bertz CT molecular complexity index is 704. The molecule has 0 spiro atoms. The van der Waals surface area contributed by atoms with Gasteiger partial charge >= 0.3 is 0 Å². The van der Waals surface area contributed by atoms with Gasteiger partial charge in [0.25, 0.3) is 0 Å². The van der Waals surface area contributed by atoms with Gasteiger partial charge in [-0.3, -0.25) is 0 Å². The fourth-order valence-corrected chi connectivity index (χ4v) is 3.57. The molecule has 21 heavy (non-hydrogen) atoms. The number of imidazole rings is 1. The van der Waals surface area contributed by atoms with Crippen LogP contribution >= 0.6 is 27.7 Å². The topological polar surface area (TPSA) is 54.7 Å². The van der Waals surface area contributed by atoms with E-state index in [0.717, 1.165) is 20.7 Å². The van der Waals surface area contributed by atoms with Gasteiger partial charge in [0.1, 0.15) is 0 Å². The first-order valence-electron chi connectivity index (χ1n) is 6.76. The Balaban J connectivity index is 1.89. The Morgan fingerprint density at radius 2 is 1.86 bits per heavy atom.